The number of hydrogen-bond acceptors (Lipinski definition) is 2. The zero-order chi connectivity index (χ0) is 18.1. The van der Waals surface area contributed by atoms with Crippen molar-refractivity contribution in [3.8, 4) is 11.1 Å². The normalized spacial score (nSPS) is 11.3. The fourth-order valence-electron chi connectivity index (χ4n) is 3.68. The van der Waals surface area contributed by atoms with Crippen molar-refractivity contribution in [3.63, 3.8) is 0 Å². The van der Waals surface area contributed by atoms with E-state index in [9.17, 15) is 0 Å². The molecule has 1 N–H and O–H groups in total. The van der Waals surface area contributed by atoms with Crippen LogP contribution in [0.1, 0.15) is 11.3 Å². The second-order valence-corrected chi connectivity index (χ2v) is 6.83. The fraction of sp³-hybridized carbons (Fsp3) is 0.0833. The summed E-state index contributed by atoms with van der Waals surface area (Å²) in [5.74, 6) is 0. The molecule has 2 aromatic heterocycles. The molecule has 27 heavy (non-hydrogen) atoms. The second-order valence-electron chi connectivity index (χ2n) is 6.83. The second kappa shape index (κ2) is 6.69. The Morgan fingerprint density at radius 3 is 2.52 bits per heavy atom. The Balaban J connectivity index is 1.55. The number of H-pyrrole nitrogens is 1. The van der Waals surface area contributed by atoms with Crippen molar-refractivity contribution in [1.29, 1.82) is 0 Å². The highest BCUT2D eigenvalue weighted by molar-refractivity contribution is 5.98. The van der Waals surface area contributed by atoms with Gasteiger partial charge in [0, 0.05) is 34.4 Å². The molecule has 0 atom stereocenters. The molecule has 0 aliphatic rings. The number of aromatic amines is 1. The standard InChI is InChI=1S/C24H19N3/c1-2-6-17(7-3-1)10-12-23-21-14-18(11-13-24(21)27-26-23)22-16-25-15-19-8-4-5-9-20(19)22/h1-9,11,13-16H,10,12H2,(H,26,27). The molecule has 2 heterocycles. The van der Waals surface area contributed by atoms with Crippen molar-refractivity contribution >= 4 is 21.7 Å². The molecule has 3 aromatic carbocycles. The van der Waals surface area contributed by atoms with E-state index in [2.05, 4.69) is 88.0 Å². The minimum absolute atomic E-state index is 0.942. The maximum atomic E-state index is 4.49. The number of pyridine rings is 1. The summed E-state index contributed by atoms with van der Waals surface area (Å²) in [5.41, 5.74) is 5.87. The summed E-state index contributed by atoms with van der Waals surface area (Å²) >= 11 is 0. The average molecular weight is 349 g/mol. The third-order valence-electron chi connectivity index (χ3n) is 5.12. The highest BCUT2D eigenvalue weighted by atomic mass is 15.1. The van der Waals surface area contributed by atoms with Crippen molar-refractivity contribution in [2.75, 3.05) is 0 Å². The summed E-state index contributed by atoms with van der Waals surface area (Å²) in [4.78, 5) is 4.43. The molecule has 0 aliphatic heterocycles. The minimum Gasteiger partial charge on any atom is -0.281 e. The van der Waals surface area contributed by atoms with Crippen LogP contribution in [0.2, 0.25) is 0 Å². The summed E-state index contributed by atoms with van der Waals surface area (Å²) in [6.45, 7) is 0. The Hall–Kier alpha value is -3.46. The van der Waals surface area contributed by atoms with Gasteiger partial charge in [0.25, 0.3) is 0 Å². The van der Waals surface area contributed by atoms with E-state index < -0.39 is 0 Å². The van der Waals surface area contributed by atoms with Crippen LogP contribution < -0.4 is 0 Å². The summed E-state index contributed by atoms with van der Waals surface area (Å²) in [6, 6.07) is 25.4. The smallest absolute Gasteiger partial charge is 0.0924 e. The Morgan fingerprint density at radius 2 is 1.59 bits per heavy atom. The molecule has 5 rings (SSSR count). The topological polar surface area (TPSA) is 41.6 Å². The molecule has 5 aromatic rings. The van der Waals surface area contributed by atoms with Gasteiger partial charge in [0.1, 0.15) is 0 Å². The number of rotatable bonds is 4. The van der Waals surface area contributed by atoms with Gasteiger partial charge in [-0.1, -0.05) is 60.7 Å². The molecule has 3 heteroatoms. The average Bonchev–Trinajstić information content (AvgIpc) is 3.15. The lowest BCUT2D eigenvalue weighted by Gasteiger charge is -2.07. The van der Waals surface area contributed by atoms with E-state index >= 15 is 0 Å². The summed E-state index contributed by atoms with van der Waals surface area (Å²) in [6.07, 6.45) is 5.81. The molecule has 130 valence electrons. The third-order valence-corrected chi connectivity index (χ3v) is 5.12. The van der Waals surface area contributed by atoms with E-state index in [1.54, 1.807) is 0 Å². The number of nitrogens with one attached hydrogen (secondary N) is 1. The summed E-state index contributed by atoms with van der Waals surface area (Å²) in [7, 11) is 0. The monoisotopic (exact) mass is 349 g/mol. The van der Waals surface area contributed by atoms with Crippen LogP contribution in [0.25, 0.3) is 32.8 Å². The molecule has 3 nitrogen and oxygen atoms in total. The Bertz CT molecular complexity index is 1220. The van der Waals surface area contributed by atoms with Gasteiger partial charge in [-0.2, -0.15) is 5.10 Å². The van der Waals surface area contributed by atoms with Gasteiger partial charge in [0.05, 0.1) is 5.52 Å². The summed E-state index contributed by atoms with van der Waals surface area (Å²) < 4.78 is 0. The van der Waals surface area contributed by atoms with Crippen LogP contribution in [0.5, 0.6) is 0 Å². The SMILES string of the molecule is c1ccc(CCc2[nH]nc3ccc(-c4cncc5ccccc45)cc23)cc1. The van der Waals surface area contributed by atoms with Crippen LogP contribution in [0.4, 0.5) is 0 Å². The number of hydrogen-bond donors (Lipinski definition) is 1. The van der Waals surface area contributed by atoms with E-state index in [1.807, 2.05) is 12.4 Å². The lowest BCUT2D eigenvalue weighted by molar-refractivity contribution is 0.901. The first kappa shape index (κ1) is 15.8. The van der Waals surface area contributed by atoms with Gasteiger partial charge in [-0.05, 0) is 41.5 Å². The number of aryl methyl sites for hydroxylation is 2. The predicted octanol–water partition coefficient (Wildman–Crippen LogP) is 5.56. The van der Waals surface area contributed by atoms with Gasteiger partial charge in [0.2, 0.25) is 0 Å². The molecule has 0 bridgehead atoms. The van der Waals surface area contributed by atoms with Crippen LogP contribution in [0, 0.1) is 0 Å². The van der Waals surface area contributed by atoms with Crippen molar-refractivity contribution < 1.29 is 0 Å². The van der Waals surface area contributed by atoms with Gasteiger partial charge >= 0.3 is 0 Å². The molecule has 0 aliphatic carbocycles. The van der Waals surface area contributed by atoms with Gasteiger partial charge < -0.3 is 0 Å². The largest absolute Gasteiger partial charge is 0.281 e. The van der Waals surface area contributed by atoms with Crippen molar-refractivity contribution in [2.24, 2.45) is 0 Å². The highest BCUT2D eigenvalue weighted by Gasteiger charge is 2.10. The predicted molar refractivity (Wildman–Crippen MR) is 111 cm³/mol. The minimum atomic E-state index is 0.942. The van der Waals surface area contributed by atoms with Gasteiger partial charge in [-0.15, -0.1) is 0 Å². The fourth-order valence-corrected chi connectivity index (χ4v) is 3.68. The lowest BCUT2D eigenvalue weighted by atomic mass is 9.98. The van der Waals surface area contributed by atoms with Crippen LogP contribution in [-0.2, 0) is 12.8 Å². The maximum Gasteiger partial charge on any atom is 0.0924 e. The molecule has 0 unspecified atom stereocenters. The molecule has 0 saturated carbocycles. The molecular formula is C24H19N3. The Morgan fingerprint density at radius 1 is 0.741 bits per heavy atom. The summed E-state index contributed by atoms with van der Waals surface area (Å²) in [5, 5.41) is 11.3. The van der Waals surface area contributed by atoms with Crippen molar-refractivity contribution in [1.82, 2.24) is 15.2 Å². The van der Waals surface area contributed by atoms with E-state index in [4.69, 9.17) is 0 Å². The first-order valence-electron chi connectivity index (χ1n) is 9.22. The van der Waals surface area contributed by atoms with Crippen LogP contribution >= 0.6 is 0 Å². The Labute approximate surface area is 157 Å². The first-order chi connectivity index (χ1) is 13.4. The lowest BCUT2D eigenvalue weighted by Crippen LogP contribution is -1.92. The molecule has 0 spiro atoms. The molecular weight excluding hydrogens is 330 g/mol. The van der Waals surface area contributed by atoms with E-state index in [0.717, 1.165) is 29.3 Å². The zero-order valence-corrected chi connectivity index (χ0v) is 14.9. The van der Waals surface area contributed by atoms with E-state index in [1.165, 1.54) is 27.6 Å². The van der Waals surface area contributed by atoms with E-state index in [0.29, 0.717) is 0 Å². The number of nitrogens with zero attached hydrogens (tertiary/aromatic N) is 2. The number of fused-ring (bicyclic) bond motifs is 2. The quantitative estimate of drug-likeness (QED) is 0.461. The molecule has 0 radical (unpaired) electrons. The van der Waals surface area contributed by atoms with Crippen LogP contribution in [-0.4, -0.2) is 15.2 Å². The van der Waals surface area contributed by atoms with E-state index in [-0.39, 0.29) is 0 Å². The van der Waals surface area contributed by atoms with Crippen molar-refractivity contribution in [2.45, 2.75) is 12.8 Å². The number of aromatic nitrogens is 3. The maximum absolute atomic E-state index is 4.49. The van der Waals surface area contributed by atoms with Crippen LogP contribution in [0.3, 0.4) is 0 Å². The van der Waals surface area contributed by atoms with Crippen LogP contribution in [0.15, 0.2) is 85.2 Å². The zero-order valence-electron chi connectivity index (χ0n) is 14.9. The molecule has 0 saturated heterocycles. The first-order valence-corrected chi connectivity index (χ1v) is 9.22. The molecule has 0 fully saturated rings. The molecule has 0 amide bonds. The van der Waals surface area contributed by atoms with Gasteiger partial charge in [0.15, 0.2) is 0 Å². The van der Waals surface area contributed by atoms with Gasteiger partial charge in [-0.25, -0.2) is 0 Å². The number of benzene rings is 3. The Kier molecular flexibility index (Phi) is 3.91. The van der Waals surface area contributed by atoms with Crippen molar-refractivity contribution in [3.05, 3.63) is 96.4 Å². The third kappa shape index (κ3) is 2.97. The highest BCUT2D eigenvalue weighted by Crippen LogP contribution is 2.30. The van der Waals surface area contributed by atoms with Gasteiger partial charge in [-0.3, -0.25) is 10.1 Å².